The summed E-state index contributed by atoms with van der Waals surface area (Å²) in [5.74, 6) is 0.585. The van der Waals surface area contributed by atoms with Gasteiger partial charge in [0.1, 0.15) is 5.75 Å². The van der Waals surface area contributed by atoms with Crippen molar-refractivity contribution in [2.45, 2.75) is 13.3 Å². The van der Waals surface area contributed by atoms with Crippen molar-refractivity contribution in [1.29, 1.82) is 0 Å². The zero-order chi connectivity index (χ0) is 12.9. The monoisotopic (exact) mass is 340 g/mol. The van der Waals surface area contributed by atoms with Crippen molar-refractivity contribution in [3.63, 3.8) is 0 Å². The van der Waals surface area contributed by atoms with Crippen molar-refractivity contribution in [2.75, 3.05) is 12.4 Å². The fourth-order valence-corrected chi connectivity index (χ4v) is 3.00. The lowest BCUT2D eigenvalue weighted by atomic mass is 10.1. The normalized spacial score (nSPS) is 13.4. The second-order valence-electron chi connectivity index (χ2n) is 3.74. The molecule has 0 aliphatic rings. The molecule has 96 valence electrons. The molecule has 0 spiro atoms. The first-order valence-corrected chi connectivity index (χ1v) is 8.48. The maximum absolute atomic E-state index is 11.0. The average molecular weight is 342 g/mol. The van der Waals surface area contributed by atoms with Crippen molar-refractivity contribution >= 4 is 35.7 Å². The predicted molar refractivity (Wildman–Crippen MR) is 73.1 cm³/mol. The number of hydrogen-bond acceptors (Lipinski definition) is 3. The third kappa shape index (κ3) is 6.29. The molecule has 0 amide bonds. The van der Waals surface area contributed by atoms with Gasteiger partial charge in [0, 0.05) is 21.1 Å². The van der Waals surface area contributed by atoms with E-state index >= 15 is 0 Å². The molecular weight excluding hydrogens is 328 g/mol. The molecule has 0 aromatic heterocycles. The molecular formula is C11H14BrClO3S. The van der Waals surface area contributed by atoms with Crippen LogP contribution in [0.3, 0.4) is 0 Å². The molecule has 0 heterocycles. The van der Waals surface area contributed by atoms with Gasteiger partial charge >= 0.3 is 0 Å². The fourth-order valence-electron chi connectivity index (χ4n) is 1.31. The van der Waals surface area contributed by atoms with Crippen LogP contribution in [-0.4, -0.2) is 20.8 Å². The molecule has 0 aliphatic carbocycles. The molecule has 0 saturated carbocycles. The molecule has 17 heavy (non-hydrogen) atoms. The first-order chi connectivity index (χ1) is 7.90. The van der Waals surface area contributed by atoms with Crippen LogP contribution in [0, 0.1) is 5.92 Å². The Labute approximate surface area is 115 Å². The second kappa shape index (κ2) is 6.61. The third-order valence-electron chi connectivity index (χ3n) is 2.31. The summed E-state index contributed by atoms with van der Waals surface area (Å²) in [7, 11) is 1.76. The van der Waals surface area contributed by atoms with Crippen LogP contribution >= 0.6 is 26.6 Å². The van der Waals surface area contributed by atoms with Gasteiger partial charge in [0.25, 0.3) is 0 Å². The molecule has 1 aromatic carbocycles. The summed E-state index contributed by atoms with van der Waals surface area (Å²) in [4.78, 5) is 0. The number of rotatable bonds is 6. The van der Waals surface area contributed by atoms with E-state index in [1.54, 1.807) is 0 Å². The number of benzene rings is 1. The minimum Gasteiger partial charge on any atom is -0.493 e. The highest BCUT2D eigenvalue weighted by Crippen LogP contribution is 2.18. The summed E-state index contributed by atoms with van der Waals surface area (Å²) >= 11 is 3.33. The molecule has 3 nitrogen and oxygen atoms in total. The van der Waals surface area contributed by atoms with Crippen molar-refractivity contribution in [3.8, 4) is 5.75 Å². The maximum atomic E-state index is 11.0. The molecule has 0 fully saturated rings. The molecule has 6 heteroatoms. The third-order valence-corrected chi connectivity index (χ3v) is 4.09. The van der Waals surface area contributed by atoms with Gasteiger partial charge in [-0.15, -0.1) is 0 Å². The Bertz CT molecular complexity index is 444. The van der Waals surface area contributed by atoms with Gasteiger partial charge < -0.3 is 4.74 Å². The standard InChI is InChI=1S/C11H14BrClO3S/c1-2-9(8-17(13,14)15)7-16-11-5-3-10(12)4-6-11/h3-6,9H,2,7-8H2,1H3. The largest absolute Gasteiger partial charge is 0.493 e. The van der Waals surface area contributed by atoms with E-state index in [0.29, 0.717) is 13.0 Å². The van der Waals surface area contributed by atoms with Gasteiger partial charge in [-0.05, 0) is 30.7 Å². The molecule has 0 bridgehead atoms. The van der Waals surface area contributed by atoms with E-state index in [1.165, 1.54) is 0 Å². The molecule has 1 rings (SSSR count). The average Bonchev–Trinajstić information content (AvgIpc) is 2.25. The summed E-state index contributed by atoms with van der Waals surface area (Å²) in [5, 5.41) is 0. The second-order valence-corrected chi connectivity index (χ2v) is 7.48. The fraction of sp³-hybridized carbons (Fsp3) is 0.455. The predicted octanol–water partition coefficient (Wildman–Crippen LogP) is 3.42. The van der Waals surface area contributed by atoms with E-state index in [2.05, 4.69) is 15.9 Å². The summed E-state index contributed by atoms with van der Waals surface area (Å²) in [5.41, 5.74) is 0. The quantitative estimate of drug-likeness (QED) is 0.745. The Kier molecular flexibility index (Phi) is 5.76. The van der Waals surface area contributed by atoms with E-state index in [9.17, 15) is 8.42 Å². The molecule has 1 unspecified atom stereocenters. The summed E-state index contributed by atoms with van der Waals surface area (Å²) in [6, 6.07) is 7.39. The van der Waals surface area contributed by atoms with Gasteiger partial charge in [0.05, 0.1) is 12.4 Å². The topological polar surface area (TPSA) is 43.4 Å². The van der Waals surface area contributed by atoms with Crippen LogP contribution in [0.1, 0.15) is 13.3 Å². The van der Waals surface area contributed by atoms with Crippen molar-refractivity contribution in [3.05, 3.63) is 28.7 Å². The minimum atomic E-state index is -3.46. The highest BCUT2D eigenvalue weighted by Gasteiger charge is 2.16. The SMILES string of the molecule is CCC(COc1ccc(Br)cc1)CS(=O)(=O)Cl. The smallest absolute Gasteiger partial charge is 0.232 e. The first kappa shape index (κ1) is 14.8. The van der Waals surface area contributed by atoms with E-state index in [1.807, 2.05) is 31.2 Å². The van der Waals surface area contributed by atoms with Crippen LogP contribution in [0.4, 0.5) is 0 Å². The van der Waals surface area contributed by atoms with Gasteiger partial charge in [0.15, 0.2) is 0 Å². The van der Waals surface area contributed by atoms with Crippen LogP contribution in [0.5, 0.6) is 5.75 Å². The van der Waals surface area contributed by atoms with Gasteiger partial charge in [-0.3, -0.25) is 0 Å². The Balaban J connectivity index is 2.50. The summed E-state index contributed by atoms with van der Waals surface area (Å²) in [6.45, 7) is 2.27. The zero-order valence-electron chi connectivity index (χ0n) is 9.40. The Morgan fingerprint density at radius 1 is 1.35 bits per heavy atom. The molecule has 1 aromatic rings. The highest BCUT2D eigenvalue weighted by molar-refractivity contribution is 9.10. The molecule has 0 saturated heterocycles. The van der Waals surface area contributed by atoms with Gasteiger partial charge in [-0.2, -0.15) is 0 Å². The van der Waals surface area contributed by atoms with Crippen LogP contribution in [0.15, 0.2) is 28.7 Å². The zero-order valence-corrected chi connectivity index (χ0v) is 12.6. The van der Waals surface area contributed by atoms with Crippen molar-refractivity contribution in [1.82, 2.24) is 0 Å². The maximum Gasteiger partial charge on any atom is 0.232 e. The highest BCUT2D eigenvalue weighted by atomic mass is 79.9. The summed E-state index contributed by atoms with van der Waals surface area (Å²) < 4.78 is 28.4. The van der Waals surface area contributed by atoms with Crippen molar-refractivity contribution < 1.29 is 13.2 Å². The van der Waals surface area contributed by atoms with E-state index in [4.69, 9.17) is 15.4 Å². The van der Waals surface area contributed by atoms with Crippen LogP contribution < -0.4 is 4.74 Å². The Morgan fingerprint density at radius 2 is 1.94 bits per heavy atom. The van der Waals surface area contributed by atoms with Gasteiger partial charge in [0.2, 0.25) is 9.05 Å². The molecule has 0 N–H and O–H groups in total. The molecule has 0 radical (unpaired) electrons. The summed E-state index contributed by atoms with van der Waals surface area (Å²) in [6.07, 6.45) is 0.711. The van der Waals surface area contributed by atoms with Crippen LogP contribution in [-0.2, 0) is 9.05 Å². The van der Waals surface area contributed by atoms with E-state index < -0.39 is 9.05 Å². The lowest BCUT2D eigenvalue weighted by molar-refractivity contribution is 0.258. The molecule has 0 aliphatic heterocycles. The Hall–Kier alpha value is -0.260. The lowest BCUT2D eigenvalue weighted by Crippen LogP contribution is -2.18. The van der Waals surface area contributed by atoms with Gasteiger partial charge in [-0.25, -0.2) is 8.42 Å². The lowest BCUT2D eigenvalue weighted by Gasteiger charge is -2.14. The van der Waals surface area contributed by atoms with E-state index in [-0.39, 0.29) is 11.7 Å². The first-order valence-electron chi connectivity index (χ1n) is 5.21. The number of hydrogen-bond donors (Lipinski definition) is 0. The number of ether oxygens (including phenoxy) is 1. The van der Waals surface area contributed by atoms with Crippen LogP contribution in [0.25, 0.3) is 0 Å². The van der Waals surface area contributed by atoms with Gasteiger partial charge in [-0.1, -0.05) is 22.9 Å². The van der Waals surface area contributed by atoms with E-state index in [0.717, 1.165) is 10.2 Å². The number of halogens is 2. The van der Waals surface area contributed by atoms with Crippen LogP contribution in [0.2, 0.25) is 0 Å². The van der Waals surface area contributed by atoms with Crippen molar-refractivity contribution in [2.24, 2.45) is 5.92 Å². The molecule has 1 atom stereocenters. The minimum absolute atomic E-state index is 0.0540. The Morgan fingerprint density at radius 3 is 2.41 bits per heavy atom.